The number of rotatable bonds is 5. The fourth-order valence-corrected chi connectivity index (χ4v) is 1.95. The van der Waals surface area contributed by atoms with Crippen LogP contribution in [0.1, 0.15) is 11.1 Å². The summed E-state index contributed by atoms with van der Waals surface area (Å²) in [6, 6.07) is 12.5. The highest BCUT2D eigenvalue weighted by Crippen LogP contribution is 2.24. The predicted molar refractivity (Wildman–Crippen MR) is 78.2 cm³/mol. The van der Waals surface area contributed by atoms with E-state index in [2.05, 4.69) is 5.32 Å². The van der Waals surface area contributed by atoms with Gasteiger partial charge in [0.25, 0.3) is 5.69 Å². The lowest BCUT2D eigenvalue weighted by molar-refractivity contribution is -0.384. The number of ether oxygens (including phenoxy) is 1. The summed E-state index contributed by atoms with van der Waals surface area (Å²) < 4.78 is 5.28. The molecule has 0 saturated carbocycles. The van der Waals surface area contributed by atoms with Crippen molar-refractivity contribution in [1.82, 2.24) is 0 Å². The van der Waals surface area contributed by atoms with Crippen molar-refractivity contribution in [3.63, 3.8) is 0 Å². The summed E-state index contributed by atoms with van der Waals surface area (Å²) in [5.41, 5.74) is 2.80. The summed E-state index contributed by atoms with van der Waals surface area (Å²) in [7, 11) is 1.62. The van der Waals surface area contributed by atoms with E-state index in [1.54, 1.807) is 19.2 Å². The number of hydrogen-bond acceptors (Lipinski definition) is 4. The Morgan fingerprint density at radius 3 is 2.70 bits per heavy atom. The maximum absolute atomic E-state index is 10.8. The zero-order valence-electron chi connectivity index (χ0n) is 11.4. The van der Waals surface area contributed by atoms with Crippen molar-refractivity contribution in [2.75, 3.05) is 12.4 Å². The molecule has 0 atom stereocenters. The van der Waals surface area contributed by atoms with Crippen LogP contribution in [0.3, 0.4) is 0 Å². The molecule has 0 heterocycles. The van der Waals surface area contributed by atoms with Crippen LogP contribution in [0.5, 0.6) is 5.75 Å². The number of aryl methyl sites for hydroxylation is 1. The van der Waals surface area contributed by atoms with Crippen molar-refractivity contribution >= 4 is 11.4 Å². The number of hydrogen-bond donors (Lipinski definition) is 1. The number of non-ortho nitro benzene ring substituents is 1. The zero-order chi connectivity index (χ0) is 14.5. The van der Waals surface area contributed by atoms with Gasteiger partial charge in [0.1, 0.15) is 5.75 Å². The maximum Gasteiger partial charge on any atom is 0.271 e. The fraction of sp³-hybridized carbons (Fsp3) is 0.200. The highest BCUT2D eigenvalue weighted by molar-refractivity contribution is 5.57. The van der Waals surface area contributed by atoms with Gasteiger partial charge in [0.2, 0.25) is 0 Å². The lowest BCUT2D eigenvalue weighted by atomic mass is 10.1. The van der Waals surface area contributed by atoms with Crippen molar-refractivity contribution in [2.45, 2.75) is 13.5 Å². The summed E-state index contributed by atoms with van der Waals surface area (Å²) in [5.74, 6) is 0.795. The van der Waals surface area contributed by atoms with Gasteiger partial charge in [-0.15, -0.1) is 0 Å². The first-order valence-electron chi connectivity index (χ1n) is 6.22. The molecule has 5 heteroatoms. The third-order valence-corrected chi connectivity index (χ3v) is 3.09. The van der Waals surface area contributed by atoms with Gasteiger partial charge < -0.3 is 10.1 Å². The number of anilines is 1. The molecule has 2 aromatic carbocycles. The Bertz CT molecular complexity index is 626. The molecule has 104 valence electrons. The van der Waals surface area contributed by atoms with Crippen LogP contribution in [-0.2, 0) is 6.54 Å². The molecule has 1 N–H and O–H groups in total. The quantitative estimate of drug-likeness (QED) is 0.668. The van der Waals surface area contributed by atoms with Crippen molar-refractivity contribution in [3.05, 3.63) is 63.7 Å². The number of nitrogens with zero attached hydrogens (tertiary/aromatic N) is 1. The molecule has 0 amide bonds. The van der Waals surface area contributed by atoms with Crippen LogP contribution in [0.4, 0.5) is 11.4 Å². The Morgan fingerprint density at radius 1 is 1.25 bits per heavy atom. The van der Waals surface area contributed by atoms with E-state index in [0.717, 1.165) is 22.6 Å². The molecule has 0 fully saturated rings. The van der Waals surface area contributed by atoms with Gasteiger partial charge in [0, 0.05) is 29.9 Å². The smallest absolute Gasteiger partial charge is 0.271 e. The van der Waals surface area contributed by atoms with Crippen LogP contribution < -0.4 is 10.1 Å². The Kier molecular flexibility index (Phi) is 4.20. The van der Waals surface area contributed by atoms with Crippen LogP contribution in [0.25, 0.3) is 0 Å². The van der Waals surface area contributed by atoms with Crippen LogP contribution in [0.2, 0.25) is 0 Å². The molecular formula is C15H16N2O3. The number of nitrogens with one attached hydrogen (secondary N) is 1. The summed E-state index contributed by atoms with van der Waals surface area (Å²) in [6.45, 7) is 2.46. The molecular weight excluding hydrogens is 256 g/mol. The molecule has 0 unspecified atom stereocenters. The van der Waals surface area contributed by atoms with Crippen molar-refractivity contribution in [3.8, 4) is 5.75 Å². The highest BCUT2D eigenvalue weighted by Gasteiger charge is 2.09. The highest BCUT2D eigenvalue weighted by atomic mass is 16.6. The Balaban J connectivity index is 2.18. The topological polar surface area (TPSA) is 64.4 Å². The van der Waals surface area contributed by atoms with Crippen LogP contribution >= 0.6 is 0 Å². The molecule has 0 spiro atoms. The molecule has 20 heavy (non-hydrogen) atoms. The van der Waals surface area contributed by atoms with E-state index in [1.165, 1.54) is 6.07 Å². The number of nitro groups is 1. The lowest BCUT2D eigenvalue weighted by Gasteiger charge is -2.12. The first kappa shape index (κ1) is 13.9. The zero-order valence-corrected chi connectivity index (χ0v) is 11.4. The van der Waals surface area contributed by atoms with Crippen molar-refractivity contribution in [1.29, 1.82) is 0 Å². The minimum atomic E-state index is -0.395. The second kappa shape index (κ2) is 6.06. The van der Waals surface area contributed by atoms with E-state index in [1.807, 2.05) is 31.2 Å². The van der Waals surface area contributed by atoms with Gasteiger partial charge in [0.05, 0.1) is 12.0 Å². The van der Waals surface area contributed by atoms with Gasteiger partial charge in [-0.2, -0.15) is 0 Å². The van der Waals surface area contributed by atoms with Gasteiger partial charge in [-0.25, -0.2) is 0 Å². The summed E-state index contributed by atoms with van der Waals surface area (Å²) in [6.07, 6.45) is 0. The van der Waals surface area contributed by atoms with E-state index in [-0.39, 0.29) is 5.69 Å². The van der Waals surface area contributed by atoms with Gasteiger partial charge in [0.15, 0.2) is 0 Å². The second-order valence-corrected chi connectivity index (χ2v) is 4.42. The monoisotopic (exact) mass is 272 g/mol. The van der Waals surface area contributed by atoms with Crippen LogP contribution in [0.15, 0.2) is 42.5 Å². The van der Waals surface area contributed by atoms with Gasteiger partial charge >= 0.3 is 0 Å². The van der Waals surface area contributed by atoms with Gasteiger partial charge in [-0.1, -0.05) is 24.3 Å². The molecule has 5 nitrogen and oxygen atoms in total. The number of benzene rings is 2. The third-order valence-electron chi connectivity index (χ3n) is 3.09. The van der Waals surface area contributed by atoms with Crippen molar-refractivity contribution in [2.24, 2.45) is 0 Å². The lowest BCUT2D eigenvalue weighted by Crippen LogP contribution is -2.03. The SMILES string of the molecule is COc1ccccc1CNc1cc([N+](=O)[O-])ccc1C. The molecule has 2 rings (SSSR count). The minimum Gasteiger partial charge on any atom is -0.496 e. The Labute approximate surface area is 117 Å². The van der Waals surface area contributed by atoms with E-state index >= 15 is 0 Å². The summed E-state index contributed by atoms with van der Waals surface area (Å²) >= 11 is 0. The molecule has 0 saturated heterocycles. The second-order valence-electron chi connectivity index (χ2n) is 4.42. The molecule has 0 radical (unpaired) electrons. The molecule has 0 bridgehead atoms. The summed E-state index contributed by atoms with van der Waals surface area (Å²) in [5, 5.41) is 14.0. The first-order chi connectivity index (χ1) is 9.61. The van der Waals surface area contributed by atoms with Crippen LogP contribution in [-0.4, -0.2) is 12.0 Å². The molecule has 0 aliphatic carbocycles. The standard InChI is InChI=1S/C15H16N2O3/c1-11-7-8-13(17(18)19)9-14(11)16-10-12-5-3-4-6-15(12)20-2/h3-9,16H,10H2,1-2H3. The molecule has 2 aromatic rings. The van der Waals surface area contributed by atoms with Gasteiger partial charge in [-0.05, 0) is 18.6 Å². The molecule has 0 aliphatic heterocycles. The Morgan fingerprint density at radius 2 is 2.00 bits per heavy atom. The normalized spacial score (nSPS) is 10.1. The number of nitro benzene ring substituents is 1. The average Bonchev–Trinajstić information content (AvgIpc) is 2.46. The minimum absolute atomic E-state index is 0.0816. The predicted octanol–water partition coefficient (Wildman–Crippen LogP) is 3.52. The fourth-order valence-electron chi connectivity index (χ4n) is 1.95. The van der Waals surface area contributed by atoms with Crippen molar-refractivity contribution < 1.29 is 9.66 Å². The largest absolute Gasteiger partial charge is 0.496 e. The number of para-hydroxylation sites is 1. The van der Waals surface area contributed by atoms with E-state index in [4.69, 9.17) is 4.74 Å². The maximum atomic E-state index is 10.8. The summed E-state index contributed by atoms with van der Waals surface area (Å²) in [4.78, 5) is 10.4. The first-order valence-corrected chi connectivity index (χ1v) is 6.22. The third kappa shape index (κ3) is 3.06. The van der Waals surface area contributed by atoms with E-state index < -0.39 is 4.92 Å². The van der Waals surface area contributed by atoms with E-state index in [9.17, 15) is 10.1 Å². The van der Waals surface area contributed by atoms with Crippen LogP contribution in [0, 0.1) is 17.0 Å². The number of methoxy groups -OCH3 is 1. The molecule has 0 aliphatic rings. The molecule has 0 aromatic heterocycles. The Hall–Kier alpha value is -2.56. The van der Waals surface area contributed by atoms with Gasteiger partial charge in [-0.3, -0.25) is 10.1 Å². The average molecular weight is 272 g/mol. The van der Waals surface area contributed by atoms with E-state index in [0.29, 0.717) is 6.54 Å².